The van der Waals surface area contributed by atoms with Crippen LogP contribution in [0.3, 0.4) is 0 Å². The first kappa shape index (κ1) is 23.8. The van der Waals surface area contributed by atoms with Crippen LogP contribution in [0.5, 0.6) is 5.75 Å². The molecule has 0 saturated carbocycles. The number of benzene rings is 2. The van der Waals surface area contributed by atoms with Crippen LogP contribution in [0.4, 0.5) is 0 Å². The number of hydrogen-bond acceptors (Lipinski definition) is 9. The highest BCUT2D eigenvalue weighted by atomic mass is 32.2. The van der Waals surface area contributed by atoms with Crippen LogP contribution in [0.25, 0.3) is 21.1 Å². The zero-order chi connectivity index (χ0) is 24.5. The van der Waals surface area contributed by atoms with Gasteiger partial charge in [-0.3, -0.25) is 4.79 Å². The van der Waals surface area contributed by atoms with Crippen LogP contribution in [0.2, 0.25) is 0 Å². The number of nitrogens with zero attached hydrogens (tertiary/aromatic N) is 3. The van der Waals surface area contributed by atoms with Gasteiger partial charge in [-0.15, -0.1) is 10.2 Å². The molecule has 0 amide bonds. The summed E-state index contributed by atoms with van der Waals surface area (Å²) in [4.78, 5) is 11.1. The normalized spacial score (nSPS) is 15.1. The fourth-order valence-electron chi connectivity index (χ4n) is 3.95. The van der Waals surface area contributed by atoms with E-state index in [1.807, 2.05) is 44.2 Å². The second-order valence-electron chi connectivity index (χ2n) is 7.98. The van der Waals surface area contributed by atoms with Gasteiger partial charge in [-0.2, -0.15) is 18.4 Å². The lowest BCUT2D eigenvalue weighted by atomic mass is 10.0. The van der Waals surface area contributed by atoms with Crippen LogP contribution in [0, 0.1) is 11.3 Å². The van der Waals surface area contributed by atoms with Gasteiger partial charge in [0.25, 0.3) is 0 Å². The summed E-state index contributed by atoms with van der Waals surface area (Å²) >= 11 is 1.35. The van der Waals surface area contributed by atoms with Crippen molar-refractivity contribution < 1.29 is 22.1 Å². The van der Waals surface area contributed by atoms with Crippen LogP contribution in [-0.4, -0.2) is 30.7 Å². The Morgan fingerprint density at radius 3 is 2.53 bits per heavy atom. The first-order valence-electron chi connectivity index (χ1n) is 10.6. The van der Waals surface area contributed by atoms with Crippen molar-refractivity contribution in [1.82, 2.24) is 14.9 Å². The Hall–Kier alpha value is -3.33. The van der Waals surface area contributed by atoms with Gasteiger partial charge in [0, 0.05) is 18.1 Å². The van der Waals surface area contributed by atoms with E-state index in [0.29, 0.717) is 39.7 Å². The van der Waals surface area contributed by atoms with Crippen LogP contribution in [0.1, 0.15) is 49.9 Å². The van der Waals surface area contributed by atoms with Crippen LogP contribution in [-0.2, 0) is 25.7 Å². The Labute approximate surface area is 201 Å². The number of rotatable bonds is 7. The zero-order valence-corrected chi connectivity index (χ0v) is 20.4. The molecule has 0 fully saturated rings. The van der Waals surface area contributed by atoms with Gasteiger partial charge in [-0.05, 0) is 43.9 Å². The summed E-state index contributed by atoms with van der Waals surface area (Å²) in [6, 6.07) is 12.7. The maximum Gasteiger partial charge on any atom is 0.385 e. The molecule has 1 aromatic heterocycles. The van der Waals surface area contributed by atoms with Crippen LogP contribution < -0.4 is 9.46 Å². The predicted octanol–water partition coefficient (Wildman–Crippen LogP) is 3.92. The topological polar surface area (TPSA) is 131 Å². The molecule has 4 rings (SSSR count). The molecule has 9 nitrogen and oxygen atoms in total. The lowest BCUT2D eigenvalue weighted by molar-refractivity contribution is -0.131. The van der Waals surface area contributed by atoms with Crippen LogP contribution in [0.15, 0.2) is 36.4 Å². The average Bonchev–Trinajstić information content (AvgIpc) is 3.39. The fourth-order valence-corrected chi connectivity index (χ4v) is 5.83. The van der Waals surface area contributed by atoms with Crippen molar-refractivity contribution in [2.45, 2.75) is 45.8 Å². The Morgan fingerprint density at radius 2 is 1.85 bits per heavy atom. The fraction of sp³-hybridized carbons (Fsp3) is 0.304. The van der Waals surface area contributed by atoms with Crippen molar-refractivity contribution in [1.29, 1.82) is 5.26 Å². The Balaban J connectivity index is 1.66. The summed E-state index contributed by atoms with van der Waals surface area (Å²) in [6.45, 7) is 4.83. The number of fused-ring (bicyclic) bond motifs is 1. The smallest absolute Gasteiger partial charge is 0.385 e. The molecule has 1 atom stereocenters. The van der Waals surface area contributed by atoms with Gasteiger partial charge >= 0.3 is 16.3 Å². The maximum absolute atomic E-state index is 12.1. The molecule has 1 aliphatic rings. The highest BCUT2D eigenvalue weighted by Gasteiger charge is 2.30. The van der Waals surface area contributed by atoms with E-state index in [4.69, 9.17) is 4.74 Å². The minimum Gasteiger partial charge on any atom is -0.490 e. The van der Waals surface area contributed by atoms with E-state index in [9.17, 15) is 18.5 Å². The van der Waals surface area contributed by atoms with Crippen molar-refractivity contribution in [3.63, 3.8) is 0 Å². The summed E-state index contributed by atoms with van der Waals surface area (Å²) in [5.74, 6) is -0.407. The summed E-state index contributed by atoms with van der Waals surface area (Å²) in [5, 5.41) is 19.7. The Bertz CT molecular complexity index is 1390. The largest absolute Gasteiger partial charge is 0.490 e. The van der Waals surface area contributed by atoms with E-state index < -0.39 is 22.3 Å². The van der Waals surface area contributed by atoms with E-state index in [0.717, 1.165) is 23.6 Å². The van der Waals surface area contributed by atoms with Gasteiger partial charge in [-0.1, -0.05) is 41.7 Å². The molecule has 34 heavy (non-hydrogen) atoms. The van der Waals surface area contributed by atoms with E-state index in [2.05, 4.69) is 25.2 Å². The van der Waals surface area contributed by atoms with Gasteiger partial charge in [0.1, 0.15) is 27.4 Å². The molecule has 0 saturated heterocycles. The molecule has 176 valence electrons. The molecule has 1 N–H and O–H groups in total. The van der Waals surface area contributed by atoms with Gasteiger partial charge in [0.05, 0.1) is 12.1 Å². The molecular weight excluding hydrogens is 476 g/mol. The second kappa shape index (κ2) is 9.50. The Kier molecular flexibility index (Phi) is 6.65. The molecule has 1 heterocycles. The molecule has 0 spiro atoms. The number of carbonyl (C=O) groups is 1. The molecule has 3 aromatic rings. The van der Waals surface area contributed by atoms with Crippen molar-refractivity contribution in [2.75, 3.05) is 0 Å². The number of aromatic nitrogens is 2. The van der Waals surface area contributed by atoms with E-state index in [-0.39, 0.29) is 6.10 Å². The number of carbonyl (C=O) groups excluding carboxylic acids is 1. The van der Waals surface area contributed by atoms with Crippen molar-refractivity contribution in [3.8, 4) is 33.0 Å². The molecule has 1 unspecified atom stereocenters. The van der Waals surface area contributed by atoms with Crippen LogP contribution >= 0.6 is 11.3 Å². The number of ether oxygens (including phenoxy) is 1. The number of hydrogen-bond donors (Lipinski definition) is 1. The van der Waals surface area contributed by atoms with E-state index in [1.54, 1.807) is 6.07 Å². The third kappa shape index (κ3) is 4.94. The van der Waals surface area contributed by atoms with E-state index in [1.165, 1.54) is 11.3 Å². The lowest BCUT2D eigenvalue weighted by Gasteiger charge is -2.14. The van der Waals surface area contributed by atoms with Crippen molar-refractivity contribution in [3.05, 3.63) is 53.1 Å². The molecule has 1 aliphatic carbocycles. The molecule has 0 bridgehead atoms. The summed E-state index contributed by atoms with van der Waals surface area (Å²) < 4.78 is 36.7. The predicted molar refractivity (Wildman–Crippen MR) is 126 cm³/mol. The molecule has 2 aromatic carbocycles. The van der Waals surface area contributed by atoms with Gasteiger partial charge in [-0.25, -0.2) is 0 Å². The summed E-state index contributed by atoms with van der Waals surface area (Å²) in [7, 11) is -4.20. The maximum atomic E-state index is 12.1. The van der Waals surface area contributed by atoms with Crippen molar-refractivity contribution >= 4 is 27.6 Å². The molecule has 11 heteroatoms. The zero-order valence-electron chi connectivity index (χ0n) is 18.7. The molecule has 0 radical (unpaired) electrons. The van der Waals surface area contributed by atoms with Gasteiger partial charge < -0.3 is 8.92 Å². The first-order valence-corrected chi connectivity index (χ1v) is 12.8. The minimum absolute atomic E-state index is 0.0783. The van der Waals surface area contributed by atoms with E-state index >= 15 is 0 Å². The third-order valence-electron chi connectivity index (χ3n) is 5.17. The monoisotopic (exact) mass is 498 g/mol. The van der Waals surface area contributed by atoms with Gasteiger partial charge in [0.2, 0.25) is 0 Å². The molecule has 0 aliphatic heterocycles. The van der Waals surface area contributed by atoms with Crippen molar-refractivity contribution in [2.24, 2.45) is 0 Å². The highest BCUT2D eigenvalue weighted by molar-refractivity contribution is 7.85. The number of nitrogens with one attached hydrogen (secondary N) is 1. The summed E-state index contributed by atoms with van der Waals surface area (Å²) in [5.41, 5.74) is 3.65. The highest BCUT2D eigenvalue weighted by Crippen LogP contribution is 2.41. The average molecular weight is 499 g/mol. The lowest BCUT2D eigenvalue weighted by Crippen LogP contribution is -2.30. The standard InChI is InChI=1S/C23H22N4O5S2/c1-13(2)31-21-9-5-8-18(19(21)12-24)23-26-25-22(33-23)17-7-4-6-16-15(17)10-11-20(16)27-34(29,30)32-14(3)28/h4-9,13,20,27H,10-11H2,1-3H3. The minimum atomic E-state index is -4.20. The number of nitriles is 1. The summed E-state index contributed by atoms with van der Waals surface area (Å²) in [6.07, 6.45) is 1.06. The SMILES string of the molecule is CC(=O)OS(=O)(=O)NC1CCc2c(-c3nnc(-c4cccc(OC(C)C)c4C#N)s3)cccc21. The second-order valence-corrected chi connectivity index (χ2v) is 10.3. The Morgan fingerprint density at radius 1 is 1.18 bits per heavy atom. The van der Waals surface area contributed by atoms with Gasteiger partial charge in [0.15, 0.2) is 0 Å². The molecular formula is C23H22N4O5S2. The third-order valence-corrected chi connectivity index (χ3v) is 7.19. The quantitative estimate of drug-likeness (QED) is 0.519. The first-order chi connectivity index (χ1) is 16.2.